The van der Waals surface area contributed by atoms with Crippen LogP contribution in [0, 0.1) is 0 Å². The Balaban J connectivity index is 3.17. The Morgan fingerprint density at radius 1 is 1.41 bits per heavy atom. The van der Waals surface area contributed by atoms with Gasteiger partial charge < -0.3 is 9.47 Å². The number of ether oxygens (including phenoxy) is 2. The molecule has 0 aliphatic heterocycles. The third-order valence-corrected chi connectivity index (χ3v) is 3.47. The minimum absolute atomic E-state index is 0.0365. The van der Waals surface area contributed by atoms with E-state index in [1.54, 1.807) is 0 Å². The van der Waals surface area contributed by atoms with Gasteiger partial charge in [-0.1, -0.05) is 27.5 Å². The van der Waals surface area contributed by atoms with E-state index in [1.807, 2.05) is 0 Å². The lowest BCUT2D eigenvalue weighted by atomic mass is 10.3. The van der Waals surface area contributed by atoms with Crippen LogP contribution in [0.5, 0.6) is 5.75 Å². The van der Waals surface area contributed by atoms with Crippen molar-refractivity contribution >= 4 is 37.6 Å². The number of halogens is 2. The van der Waals surface area contributed by atoms with Crippen molar-refractivity contribution in [2.75, 3.05) is 20.3 Å². The molecule has 0 spiro atoms. The highest BCUT2D eigenvalue weighted by Crippen LogP contribution is 2.34. The Bertz CT molecular complexity index is 506. The van der Waals surface area contributed by atoms with Gasteiger partial charge in [0.05, 0.1) is 11.6 Å². The zero-order valence-corrected chi connectivity index (χ0v) is 12.1. The smallest absolute Gasteiger partial charge is 0.241 e. The number of hydrogen-bond donors (Lipinski definition) is 1. The molecule has 0 saturated heterocycles. The largest absolute Gasteiger partial charge is 0.488 e. The fourth-order valence-corrected chi connectivity index (χ4v) is 2.90. The summed E-state index contributed by atoms with van der Waals surface area (Å²) in [4.78, 5) is -0.159. The predicted octanol–water partition coefficient (Wildman–Crippen LogP) is 1.78. The Labute approximate surface area is 113 Å². The molecule has 0 aromatic heterocycles. The van der Waals surface area contributed by atoms with Gasteiger partial charge in [-0.15, -0.1) is 0 Å². The van der Waals surface area contributed by atoms with Crippen LogP contribution in [-0.2, 0) is 14.8 Å². The Kier molecular flexibility index (Phi) is 5.21. The number of nitrogens with two attached hydrogens (primary N) is 1. The van der Waals surface area contributed by atoms with Crippen molar-refractivity contribution in [3.63, 3.8) is 0 Å². The lowest BCUT2D eigenvalue weighted by molar-refractivity contribution is 0.144. The minimum Gasteiger partial charge on any atom is -0.488 e. The van der Waals surface area contributed by atoms with Gasteiger partial charge in [-0.25, -0.2) is 13.6 Å². The lowest BCUT2D eigenvalue weighted by Gasteiger charge is -2.12. The monoisotopic (exact) mass is 343 g/mol. The molecular weight excluding hydrogens is 334 g/mol. The van der Waals surface area contributed by atoms with Crippen molar-refractivity contribution in [3.8, 4) is 5.75 Å². The topological polar surface area (TPSA) is 78.6 Å². The van der Waals surface area contributed by atoms with E-state index in [4.69, 9.17) is 26.2 Å². The summed E-state index contributed by atoms with van der Waals surface area (Å²) in [6, 6.07) is 2.86. The second-order valence-electron chi connectivity index (χ2n) is 3.10. The Hall–Kier alpha value is -0.340. The molecule has 0 aliphatic rings. The molecule has 0 radical (unpaired) electrons. The summed E-state index contributed by atoms with van der Waals surface area (Å²) in [5.41, 5.74) is 0. The molecule has 17 heavy (non-hydrogen) atoms. The zero-order chi connectivity index (χ0) is 13.1. The summed E-state index contributed by atoms with van der Waals surface area (Å²) >= 11 is 9.04. The minimum atomic E-state index is -3.90. The molecule has 1 aromatic carbocycles. The van der Waals surface area contributed by atoms with Crippen LogP contribution in [0.15, 0.2) is 21.5 Å². The van der Waals surface area contributed by atoms with E-state index in [0.29, 0.717) is 11.1 Å². The zero-order valence-electron chi connectivity index (χ0n) is 8.94. The number of hydrogen-bond acceptors (Lipinski definition) is 4. The summed E-state index contributed by atoms with van der Waals surface area (Å²) in [5.74, 6) is 0.0365. The van der Waals surface area contributed by atoms with Gasteiger partial charge in [0.15, 0.2) is 5.75 Å². The summed E-state index contributed by atoms with van der Waals surface area (Å²) in [5, 5.41) is 5.25. The van der Waals surface area contributed by atoms with Crippen LogP contribution in [0.1, 0.15) is 0 Å². The van der Waals surface area contributed by atoms with Crippen molar-refractivity contribution < 1.29 is 17.9 Å². The van der Waals surface area contributed by atoms with E-state index in [2.05, 4.69) is 15.9 Å². The van der Waals surface area contributed by atoms with Gasteiger partial charge in [0.25, 0.3) is 0 Å². The molecular formula is C9H11BrClNO4S. The maximum absolute atomic E-state index is 11.4. The number of methoxy groups -OCH3 is 1. The van der Waals surface area contributed by atoms with Crippen LogP contribution < -0.4 is 9.88 Å². The molecule has 0 saturated carbocycles. The van der Waals surface area contributed by atoms with Crippen molar-refractivity contribution in [1.29, 1.82) is 0 Å². The van der Waals surface area contributed by atoms with E-state index in [0.717, 1.165) is 0 Å². The molecule has 2 N–H and O–H groups in total. The van der Waals surface area contributed by atoms with Crippen molar-refractivity contribution in [2.45, 2.75) is 4.90 Å². The molecule has 1 rings (SSSR count). The van der Waals surface area contributed by atoms with Crippen LogP contribution >= 0.6 is 27.5 Å². The molecule has 0 heterocycles. The first-order valence-corrected chi connectivity index (χ1v) is 7.21. The number of sulfonamides is 1. The standard InChI is InChI=1S/C9H11BrClNO4S/c1-15-2-3-16-9-7(11)4-6(10)5-8(9)17(12,13)14/h4-5H,2-3H2,1H3,(H2,12,13,14). The fourth-order valence-electron chi connectivity index (χ4n) is 1.12. The molecule has 0 aliphatic carbocycles. The third-order valence-electron chi connectivity index (χ3n) is 1.81. The first-order chi connectivity index (χ1) is 7.86. The third kappa shape index (κ3) is 4.11. The van der Waals surface area contributed by atoms with Crippen molar-refractivity contribution in [3.05, 3.63) is 21.6 Å². The highest BCUT2D eigenvalue weighted by molar-refractivity contribution is 9.10. The van der Waals surface area contributed by atoms with Gasteiger partial charge in [-0.3, -0.25) is 0 Å². The maximum atomic E-state index is 11.4. The van der Waals surface area contributed by atoms with Gasteiger partial charge >= 0.3 is 0 Å². The predicted molar refractivity (Wildman–Crippen MR) is 67.9 cm³/mol. The molecule has 0 unspecified atom stereocenters. The van der Waals surface area contributed by atoms with Gasteiger partial charge in [-0.05, 0) is 12.1 Å². The average Bonchev–Trinajstić information content (AvgIpc) is 2.19. The summed E-state index contributed by atoms with van der Waals surface area (Å²) < 4.78 is 33.3. The average molecular weight is 345 g/mol. The maximum Gasteiger partial charge on any atom is 0.241 e. The number of primary sulfonamides is 1. The van der Waals surface area contributed by atoms with Crippen molar-refractivity contribution in [2.24, 2.45) is 5.14 Å². The van der Waals surface area contributed by atoms with Crippen LogP contribution in [-0.4, -0.2) is 28.7 Å². The van der Waals surface area contributed by atoms with Crippen molar-refractivity contribution in [1.82, 2.24) is 0 Å². The van der Waals surface area contributed by atoms with E-state index in [-0.39, 0.29) is 22.3 Å². The fraction of sp³-hybridized carbons (Fsp3) is 0.333. The van der Waals surface area contributed by atoms with E-state index < -0.39 is 10.0 Å². The quantitative estimate of drug-likeness (QED) is 0.826. The first-order valence-electron chi connectivity index (χ1n) is 4.50. The number of rotatable bonds is 5. The summed E-state index contributed by atoms with van der Waals surface area (Å²) in [6.07, 6.45) is 0. The molecule has 96 valence electrons. The van der Waals surface area contributed by atoms with E-state index >= 15 is 0 Å². The first kappa shape index (κ1) is 14.7. The molecule has 5 nitrogen and oxygen atoms in total. The molecule has 0 atom stereocenters. The van der Waals surface area contributed by atoms with Gasteiger partial charge in [0, 0.05) is 11.6 Å². The second kappa shape index (κ2) is 6.01. The van der Waals surface area contributed by atoms with Crippen LogP contribution in [0.2, 0.25) is 5.02 Å². The van der Waals surface area contributed by atoms with Gasteiger partial charge in [0.1, 0.15) is 11.5 Å². The van der Waals surface area contributed by atoms with E-state index in [1.165, 1.54) is 19.2 Å². The van der Waals surface area contributed by atoms with Crippen LogP contribution in [0.3, 0.4) is 0 Å². The van der Waals surface area contributed by atoms with Crippen LogP contribution in [0.25, 0.3) is 0 Å². The highest BCUT2D eigenvalue weighted by Gasteiger charge is 2.19. The van der Waals surface area contributed by atoms with E-state index in [9.17, 15) is 8.42 Å². The highest BCUT2D eigenvalue weighted by atomic mass is 79.9. The molecule has 0 bridgehead atoms. The van der Waals surface area contributed by atoms with Gasteiger partial charge in [-0.2, -0.15) is 0 Å². The van der Waals surface area contributed by atoms with Crippen LogP contribution in [0.4, 0.5) is 0 Å². The Morgan fingerprint density at radius 2 is 2.06 bits per heavy atom. The molecule has 0 fully saturated rings. The molecule has 8 heteroatoms. The normalized spacial score (nSPS) is 11.5. The molecule has 1 aromatic rings. The lowest BCUT2D eigenvalue weighted by Crippen LogP contribution is -2.15. The summed E-state index contributed by atoms with van der Waals surface area (Å²) in [6.45, 7) is 0.497. The Morgan fingerprint density at radius 3 is 2.59 bits per heavy atom. The second-order valence-corrected chi connectivity index (χ2v) is 5.95. The SMILES string of the molecule is COCCOc1c(Cl)cc(Br)cc1S(N)(=O)=O. The van der Waals surface area contributed by atoms with Gasteiger partial charge in [0.2, 0.25) is 10.0 Å². The number of benzene rings is 1. The molecule has 0 amide bonds. The summed E-state index contributed by atoms with van der Waals surface area (Å²) in [7, 11) is -2.39.